The number of hydrogen-bond acceptors (Lipinski definition) is 7. The zero-order chi connectivity index (χ0) is 28.5. The Morgan fingerprint density at radius 3 is 2.67 bits per heavy atom. The number of aryl methyl sites for hydroxylation is 1. The number of aliphatic hydroxyl groups excluding tert-OH is 1. The molecule has 1 aliphatic heterocycles. The van der Waals surface area contributed by atoms with Crippen LogP contribution < -0.4 is 16.4 Å². The lowest BCUT2D eigenvalue weighted by Crippen LogP contribution is -2.48. The molecule has 3 aromatic rings. The number of nitrogens with one attached hydrogen (secondary N) is 3. The van der Waals surface area contributed by atoms with Gasteiger partial charge in [-0.25, -0.2) is 4.39 Å². The maximum atomic E-state index is 14.9. The minimum Gasteiger partial charge on any atom is -0.395 e. The molecule has 40 heavy (non-hydrogen) atoms. The Labute approximate surface area is 234 Å². The number of carbonyl (C=O) groups excluding carboxylic acids is 1. The number of amides is 1. The average molecular weight is 546 g/mol. The number of nitrogens with two attached hydrogens (primary N) is 1. The van der Waals surface area contributed by atoms with Crippen LogP contribution in [0.3, 0.4) is 0 Å². The van der Waals surface area contributed by atoms with Gasteiger partial charge in [0.25, 0.3) is 0 Å². The third-order valence-corrected chi connectivity index (χ3v) is 7.24. The molecular weight excluding hydrogens is 509 g/mol. The van der Waals surface area contributed by atoms with Crippen molar-refractivity contribution in [2.24, 2.45) is 5.73 Å². The van der Waals surface area contributed by atoms with Crippen molar-refractivity contribution in [3.05, 3.63) is 101 Å². The highest BCUT2D eigenvalue weighted by atomic mass is 19.1. The number of rotatable bonds is 11. The second-order valence-electron chi connectivity index (χ2n) is 9.94. The van der Waals surface area contributed by atoms with Crippen LogP contribution in [0.1, 0.15) is 34.6 Å². The van der Waals surface area contributed by atoms with Gasteiger partial charge in [-0.3, -0.25) is 9.78 Å². The normalized spacial score (nSPS) is 19.1. The van der Waals surface area contributed by atoms with Gasteiger partial charge < -0.3 is 31.6 Å². The fourth-order valence-electron chi connectivity index (χ4n) is 5.06. The summed E-state index contributed by atoms with van der Waals surface area (Å²) in [5.74, 6) is -1.59. The number of hydrogen-bond donors (Lipinski definition) is 5. The van der Waals surface area contributed by atoms with E-state index >= 15 is 0 Å². The van der Waals surface area contributed by atoms with Crippen LogP contribution in [-0.4, -0.2) is 60.2 Å². The summed E-state index contributed by atoms with van der Waals surface area (Å²) in [6.45, 7) is 2.89. The lowest BCUT2D eigenvalue weighted by molar-refractivity contribution is -0.117. The molecule has 0 radical (unpaired) electrons. The number of nitrogens with zero attached hydrogens (tertiary/aromatic N) is 1. The van der Waals surface area contributed by atoms with E-state index in [1.54, 1.807) is 6.08 Å². The molecule has 4 rings (SSSR count). The fourth-order valence-corrected chi connectivity index (χ4v) is 5.06. The number of benzene rings is 2. The standard InChI is InChI=1S/C31H36FN5O3/c1-20-7-5-6-10-24(20)25(13-14-33)29(21-8-3-2-4-9-21)30(34)31(39)37-28-17-35-16-27(32)26(28)12-11-23-15-36-22(18-38)19-40-23/h2-10,13-14,16-17,22-23,29-30,33,36,38H,11-12,15,18-19,34H2,1H3,(H,37,39)/b25-13+,33-14?/t22-,23-,29+,30-/m1/s1. The number of carbonyl (C=O) groups is 1. The van der Waals surface area contributed by atoms with Gasteiger partial charge in [-0.2, -0.15) is 0 Å². The molecule has 4 atom stereocenters. The maximum Gasteiger partial charge on any atom is 0.242 e. The van der Waals surface area contributed by atoms with Crippen LogP contribution in [0.2, 0.25) is 0 Å². The summed E-state index contributed by atoms with van der Waals surface area (Å²) < 4.78 is 20.7. The highest BCUT2D eigenvalue weighted by Crippen LogP contribution is 2.36. The van der Waals surface area contributed by atoms with Gasteiger partial charge in [-0.1, -0.05) is 54.6 Å². The van der Waals surface area contributed by atoms with E-state index in [1.807, 2.05) is 61.5 Å². The van der Waals surface area contributed by atoms with Crippen LogP contribution in [0.5, 0.6) is 0 Å². The van der Waals surface area contributed by atoms with Gasteiger partial charge in [0.2, 0.25) is 5.91 Å². The van der Waals surface area contributed by atoms with Gasteiger partial charge in [0.05, 0.1) is 49.5 Å². The van der Waals surface area contributed by atoms with E-state index in [9.17, 15) is 14.3 Å². The van der Waals surface area contributed by atoms with Crippen LogP contribution in [0.15, 0.2) is 73.1 Å². The summed E-state index contributed by atoms with van der Waals surface area (Å²) in [4.78, 5) is 17.6. The number of ether oxygens (including phenoxy) is 1. The third kappa shape index (κ3) is 7.05. The van der Waals surface area contributed by atoms with Crippen LogP contribution in [-0.2, 0) is 16.0 Å². The molecule has 1 saturated heterocycles. The maximum absolute atomic E-state index is 14.9. The first-order valence-electron chi connectivity index (χ1n) is 13.4. The number of allylic oxidation sites excluding steroid dienone is 1. The molecule has 0 aliphatic carbocycles. The van der Waals surface area contributed by atoms with Crippen molar-refractivity contribution in [3.63, 3.8) is 0 Å². The number of pyridine rings is 1. The minimum absolute atomic E-state index is 0.00726. The van der Waals surface area contributed by atoms with E-state index in [4.69, 9.17) is 15.9 Å². The second kappa shape index (κ2) is 14.0. The van der Waals surface area contributed by atoms with E-state index in [1.165, 1.54) is 12.4 Å². The van der Waals surface area contributed by atoms with E-state index in [0.29, 0.717) is 31.6 Å². The molecule has 0 bridgehead atoms. The van der Waals surface area contributed by atoms with Crippen LogP contribution in [0.4, 0.5) is 10.1 Å². The predicted molar refractivity (Wildman–Crippen MR) is 155 cm³/mol. The van der Waals surface area contributed by atoms with Gasteiger partial charge in [0, 0.05) is 24.2 Å². The number of aromatic nitrogens is 1. The number of halogens is 1. The smallest absolute Gasteiger partial charge is 0.242 e. The van der Waals surface area contributed by atoms with E-state index in [0.717, 1.165) is 28.5 Å². The van der Waals surface area contributed by atoms with Crippen molar-refractivity contribution in [2.75, 3.05) is 25.1 Å². The lowest BCUT2D eigenvalue weighted by Gasteiger charge is -2.29. The van der Waals surface area contributed by atoms with Crippen molar-refractivity contribution in [1.29, 1.82) is 5.41 Å². The topological polar surface area (TPSA) is 133 Å². The molecule has 0 saturated carbocycles. The molecule has 210 valence electrons. The molecule has 1 amide bonds. The molecule has 1 fully saturated rings. The highest BCUT2D eigenvalue weighted by Gasteiger charge is 2.31. The SMILES string of the molecule is Cc1ccccc1/C(=C\C=N)[C@H](c1ccccc1)[C@@H](N)C(=O)Nc1cncc(F)c1CC[C@@H]1CN[C@H](CO)CO1. The Morgan fingerprint density at radius 2 is 2.00 bits per heavy atom. The average Bonchev–Trinajstić information content (AvgIpc) is 2.97. The summed E-state index contributed by atoms with van der Waals surface area (Å²) in [6.07, 6.45) is 6.11. The zero-order valence-corrected chi connectivity index (χ0v) is 22.5. The molecule has 8 nitrogen and oxygen atoms in total. The Kier molecular flexibility index (Phi) is 10.3. The van der Waals surface area contributed by atoms with Gasteiger partial charge in [0.15, 0.2) is 0 Å². The van der Waals surface area contributed by atoms with Gasteiger partial charge in [-0.15, -0.1) is 0 Å². The van der Waals surface area contributed by atoms with Gasteiger partial charge >= 0.3 is 0 Å². The summed E-state index contributed by atoms with van der Waals surface area (Å²) >= 11 is 0. The molecule has 6 N–H and O–H groups in total. The van der Waals surface area contributed by atoms with E-state index in [2.05, 4.69) is 15.6 Å². The van der Waals surface area contributed by atoms with Crippen molar-refractivity contribution >= 4 is 23.4 Å². The monoisotopic (exact) mass is 545 g/mol. The van der Waals surface area contributed by atoms with Crippen LogP contribution in [0, 0.1) is 18.2 Å². The van der Waals surface area contributed by atoms with Crippen LogP contribution >= 0.6 is 0 Å². The van der Waals surface area contributed by atoms with Crippen molar-refractivity contribution in [3.8, 4) is 0 Å². The Morgan fingerprint density at radius 1 is 1.25 bits per heavy atom. The molecule has 0 unspecified atom stereocenters. The zero-order valence-electron chi connectivity index (χ0n) is 22.5. The number of morpholine rings is 1. The largest absolute Gasteiger partial charge is 0.395 e. The second-order valence-corrected chi connectivity index (χ2v) is 9.94. The first kappa shape index (κ1) is 29.2. The minimum atomic E-state index is -1.05. The first-order valence-corrected chi connectivity index (χ1v) is 13.4. The van der Waals surface area contributed by atoms with Crippen molar-refractivity contribution in [2.45, 2.75) is 43.9 Å². The molecule has 2 heterocycles. The lowest BCUT2D eigenvalue weighted by atomic mass is 9.80. The van der Waals surface area contributed by atoms with Crippen LogP contribution in [0.25, 0.3) is 5.57 Å². The highest BCUT2D eigenvalue weighted by molar-refractivity contribution is 5.99. The Bertz CT molecular complexity index is 1330. The van der Waals surface area contributed by atoms with Gasteiger partial charge in [-0.05, 0) is 48.1 Å². The van der Waals surface area contributed by atoms with Crippen molar-refractivity contribution < 1.29 is 19.0 Å². The summed E-state index contributed by atoms with van der Waals surface area (Å²) in [7, 11) is 0. The molecule has 0 spiro atoms. The molecule has 1 aliphatic rings. The van der Waals surface area contributed by atoms with Gasteiger partial charge in [0.1, 0.15) is 5.82 Å². The number of anilines is 1. The Balaban J connectivity index is 1.59. The molecule has 1 aromatic heterocycles. The molecule has 2 aromatic carbocycles. The first-order chi connectivity index (χ1) is 19.4. The predicted octanol–water partition coefficient (Wildman–Crippen LogP) is 3.59. The summed E-state index contributed by atoms with van der Waals surface area (Å²) in [5.41, 5.74) is 10.7. The number of aliphatic hydroxyl groups is 1. The fraction of sp³-hybridized carbons (Fsp3) is 0.323. The molecule has 9 heteroatoms. The molecular formula is C31H36FN5O3. The van der Waals surface area contributed by atoms with E-state index in [-0.39, 0.29) is 24.4 Å². The summed E-state index contributed by atoms with van der Waals surface area (Å²) in [6, 6.07) is 16.1. The quantitative estimate of drug-likeness (QED) is 0.234. The Hall–Kier alpha value is -3.76. The summed E-state index contributed by atoms with van der Waals surface area (Å²) in [5, 5.41) is 23.1. The third-order valence-electron chi connectivity index (χ3n) is 7.24. The van der Waals surface area contributed by atoms with E-state index < -0.39 is 23.7 Å². The van der Waals surface area contributed by atoms with Crippen molar-refractivity contribution in [1.82, 2.24) is 10.3 Å².